The molecule has 1 aromatic carbocycles. The normalized spacial score (nSPS) is 13.7. The molecule has 0 amide bonds. The van der Waals surface area contributed by atoms with Gasteiger partial charge in [0.2, 0.25) is 0 Å². The first-order chi connectivity index (χ1) is 17.0. The molecule has 0 radical (unpaired) electrons. The van der Waals surface area contributed by atoms with Crippen molar-refractivity contribution >= 4 is 45.5 Å². The summed E-state index contributed by atoms with van der Waals surface area (Å²) in [5.74, 6) is 1.92. The molecule has 0 unspecified atom stereocenters. The number of pyridine rings is 2. The summed E-state index contributed by atoms with van der Waals surface area (Å²) in [5.41, 5.74) is 8.46. The van der Waals surface area contributed by atoms with Crippen molar-refractivity contribution in [1.29, 1.82) is 0 Å². The predicted molar refractivity (Wildman–Crippen MR) is 150 cm³/mol. The quantitative estimate of drug-likeness (QED) is 0.420. The van der Waals surface area contributed by atoms with Crippen molar-refractivity contribution in [2.45, 2.75) is 0 Å². The third-order valence-corrected chi connectivity index (χ3v) is 7.00. The van der Waals surface area contributed by atoms with Crippen LogP contribution in [0.15, 0.2) is 68.1 Å². The van der Waals surface area contributed by atoms with E-state index in [2.05, 4.69) is 68.5 Å². The molecule has 0 aliphatic carbocycles. The SMILES string of the molecule is C=C(N)c1cnc(-c2ccc3cnc(NC)cc3c2)s1.C=Cc1ccnc(N2CCN(C)CC2)c1. The average molecular weight is 486 g/mol. The highest BCUT2D eigenvalue weighted by Gasteiger charge is 2.14. The number of hydrogen-bond donors (Lipinski definition) is 2. The zero-order valence-corrected chi connectivity index (χ0v) is 21.1. The molecule has 35 heavy (non-hydrogen) atoms. The van der Waals surface area contributed by atoms with Gasteiger partial charge in [-0.15, -0.1) is 11.3 Å². The molecule has 4 aromatic rings. The highest BCUT2D eigenvalue weighted by Crippen LogP contribution is 2.30. The molecule has 180 valence electrons. The lowest BCUT2D eigenvalue weighted by molar-refractivity contribution is 0.312. The van der Waals surface area contributed by atoms with Crippen LogP contribution >= 0.6 is 11.3 Å². The molecule has 8 heteroatoms. The lowest BCUT2D eigenvalue weighted by Gasteiger charge is -2.33. The van der Waals surface area contributed by atoms with Gasteiger partial charge in [0.25, 0.3) is 0 Å². The molecule has 1 saturated heterocycles. The molecule has 7 nitrogen and oxygen atoms in total. The number of thiazole rings is 1. The van der Waals surface area contributed by atoms with Crippen molar-refractivity contribution in [3.63, 3.8) is 0 Å². The standard InChI is InChI=1S/C15H14N4S.C12H17N3/c1-9(16)13-8-19-15(20-13)10-3-4-11-7-18-14(17-2)6-12(11)5-10;1-3-11-4-5-13-12(10-11)15-8-6-14(2)7-9-15/h3-8H,1,16H2,2H3,(H,17,18);3-5,10H,1,6-9H2,2H3. The summed E-state index contributed by atoms with van der Waals surface area (Å²) >= 11 is 1.55. The lowest BCUT2D eigenvalue weighted by Crippen LogP contribution is -2.44. The Labute approximate surface area is 210 Å². The number of rotatable bonds is 5. The number of nitrogens with one attached hydrogen (secondary N) is 1. The van der Waals surface area contributed by atoms with Crippen LogP contribution in [0.2, 0.25) is 0 Å². The van der Waals surface area contributed by atoms with Gasteiger partial charge in [0.1, 0.15) is 16.6 Å². The maximum Gasteiger partial charge on any atom is 0.129 e. The van der Waals surface area contributed by atoms with Crippen LogP contribution in [0.5, 0.6) is 0 Å². The van der Waals surface area contributed by atoms with Crippen LogP contribution in [0.4, 0.5) is 11.6 Å². The van der Waals surface area contributed by atoms with Crippen LogP contribution in [-0.4, -0.2) is 60.1 Å². The molecule has 1 aliphatic heterocycles. The van der Waals surface area contributed by atoms with E-state index in [1.54, 1.807) is 17.5 Å². The number of fused-ring (bicyclic) bond motifs is 1. The minimum absolute atomic E-state index is 0.552. The van der Waals surface area contributed by atoms with Gasteiger partial charge in [0.05, 0.1) is 4.88 Å². The van der Waals surface area contributed by atoms with Crippen molar-refractivity contribution < 1.29 is 0 Å². The first-order valence-corrected chi connectivity index (χ1v) is 12.3. The second-order valence-corrected chi connectivity index (χ2v) is 9.41. The van der Waals surface area contributed by atoms with Gasteiger partial charge in [-0.1, -0.05) is 31.4 Å². The van der Waals surface area contributed by atoms with Crippen LogP contribution in [0, 0.1) is 0 Å². The topological polar surface area (TPSA) is 83.2 Å². The van der Waals surface area contributed by atoms with Crippen molar-refractivity contribution in [2.75, 3.05) is 50.5 Å². The summed E-state index contributed by atoms with van der Waals surface area (Å²) in [6.45, 7) is 11.9. The molecule has 0 spiro atoms. The molecule has 3 aromatic heterocycles. The first-order valence-electron chi connectivity index (χ1n) is 11.5. The van der Waals surface area contributed by atoms with Crippen molar-refractivity contribution in [2.24, 2.45) is 5.73 Å². The summed E-state index contributed by atoms with van der Waals surface area (Å²) < 4.78 is 0. The van der Waals surface area contributed by atoms with Crippen LogP contribution in [0.1, 0.15) is 10.4 Å². The third kappa shape index (κ3) is 6.03. The van der Waals surface area contributed by atoms with E-state index in [0.717, 1.165) is 69.6 Å². The Hall–Kier alpha value is -3.75. The lowest BCUT2D eigenvalue weighted by atomic mass is 10.1. The Kier molecular flexibility index (Phi) is 7.74. The molecule has 3 N–H and O–H groups in total. The number of hydrogen-bond acceptors (Lipinski definition) is 8. The molecule has 0 atom stereocenters. The zero-order chi connectivity index (χ0) is 24.8. The summed E-state index contributed by atoms with van der Waals surface area (Å²) in [4.78, 5) is 18.7. The number of piperazine rings is 1. The number of benzene rings is 1. The fourth-order valence-electron chi connectivity index (χ4n) is 3.74. The number of nitrogens with two attached hydrogens (primary N) is 1. The van der Waals surface area contributed by atoms with Gasteiger partial charge < -0.3 is 20.9 Å². The molecule has 1 aliphatic rings. The molecule has 1 fully saturated rings. The molecule has 0 saturated carbocycles. The van der Waals surface area contributed by atoms with Crippen LogP contribution in [0.25, 0.3) is 33.1 Å². The van der Waals surface area contributed by atoms with Crippen LogP contribution in [0.3, 0.4) is 0 Å². The van der Waals surface area contributed by atoms with Crippen LogP contribution in [-0.2, 0) is 0 Å². The summed E-state index contributed by atoms with van der Waals surface area (Å²) in [5, 5.41) is 6.22. The number of aromatic nitrogens is 3. The predicted octanol–water partition coefficient (Wildman–Crippen LogP) is 4.81. The van der Waals surface area contributed by atoms with E-state index in [-0.39, 0.29) is 0 Å². The Bertz CT molecular complexity index is 1320. The Morgan fingerprint density at radius 2 is 1.83 bits per heavy atom. The van der Waals surface area contributed by atoms with Gasteiger partial charge in [-0.2, -0.15) is 0 Å². The highest BCUT2D eigenvalue weighted by molar-refractivity contribution is 7.16. The third-order valence-electron chi connectivity index (χ3n) is 5.88. The van der Waals surface area contributed by atoms with Gasteiger partial charge >= 0.3 is 0 Å². The average Bonchev–Trinajstić information content (AvgIpc) is 3.40. The Morgan fingerprint density at radius 3 is 2.51 bits per heavy atom. The van der Waals surface area contributed by atoms with E-state index in [4.69, 9.17) is 5.73 Å². The van der Waals surface area contributed by atoms with E-state index >= 15 is 0 Å². The fraction of sp³-hybridized carbons (Fsp3) is 0.222. The van der Waals surface area contributed by atoms with E-state index in [1.807, 2.05) is 43.7 Å². The van der Waals surface area contributed by atoms with Crippen molar-refractivity contribution in [3.8, 4) is 10.6 Å². The maximum atomic E-state index is 5.69. The van der Waals surface area contributed by atoms with E-state index in [9.17, 15) is 0 Å². The molecular formula is C27H31N7S. The second kappa shape index (κ2) is 11.1. The van der Waals surface area contributed by atoms with Gasteiger partial charge in [0.15, 0.2) is 0 Å². The van der Waals surface area contributed by atoms with E-state index < -0.39 is 0 Å². The monoisotopic (exact) mass is 485 g/mol. The summed E-state index contributed by atoms with van der Waals surface area (Å²) in [7, 11) is 4.02. The van der Waals surface area contributed by atoms with Gasteiger partial charge in [-0.3, -0.25) is 0 Å². The van der Waals surface area contributed by atoms with Crippen molar-refractivity contribution in [3.05, 3.63) is 78.6 Å². The second-order valence-electron chi connectivity index (χ2n) is 8.38. The van der Waals surface area contributed by atoms with E-state index in [0.29, 0.717) is 5.70 Å². The largest absolute Gasteiger partial charge is 0.398 e. The zero-order valence-electron chi connectivity index (χ0n) is 20.2. The number of anilines is 2. The van der Waals surface area contributed by atoms with E-state index in [1.165, 1.54) is 0 Å². The van der Waals surface area contributed by atoms with Gasteiger partial charge in [0, 0.05) is 68.5 Å². The fourth-order valence-corrected chi connectivity index (χ4v) is 4.53. The van der Waals surface area contributed by atoms with Crippen LogP contribution < -0.4 is 16.0 Å². The first kappa shape index (κ1) is 24.4. The number of likely N-dealkylation sites (N-methyl/N-ethyl adjacent to an activating group) is 1. The van der Waals surface area contributed by atoms with Crippen molar-refractivity contribution in [1.82, 2.24) is 19.9 Å². The van der Waals surface area contributed by atoms with Gasteiger partial charge in [-0.25, -0.2) is 15.0 Å². The summed E-state index contributed by atoms with van der Waals surface area (Å²) in [6.07, 6.45) is 7.34. The molecule has 0 bridgehead atoms. The molecule has 5 rings (SSSR count). The Balaban J connectivity index is 0.000000172. The smallest absolute Gasteiger partial charge is 0.129 e. The minimum atomic E-state index is 0.552. The minimum Gasteiger partial charge on any atom is -0.398 e. The maximum absolute atomic E-state index is 5.69. The summed E-state index contributed by atoms with van der Waals surface area (Å²) in [6, 6.07) is 12.3. The highest BCUT2D eigenvalue weighted by atomic mass is 32.1. The number of nitrogens with zero attached hydrogens (tertiary/aromatic N) is 5. The molecular weight excluding hydrogens is 454 g/mol. The Morgan fingerprint density at radius 1 is 1.03 bits per heavy atom. The van der Waals surface area contributed by atoms with Gasteiger partial charge in [-0.05, 0) is 42.3 Å². The molecule has 4 heterocycles.